The lowest BCUT2D eigenvalue weighted by atomic mass is 9.83. The average molecular weight is 372 g/mol. The first-order valence-corrected chi connectivity index (χ1v) is 9.43. The quantitative estimate of drug-likeness (QED) is 0.714. The highest BCUT2D eigenvalue weighted by Gasteiger charge is 2.33. The molecule has 3 aromatic rings. The summed E-state index contributed by atoms with van der Waals surface area (Å²) in [5.74, 6) is 0. The van der Waals surface area contributed by atoms with Gasteiger partial charge in [-0.1, -0.05) is 36.1 Å². The van der Waals surface area contributed by atoms with E-state index in [-0.39, 0.29) is 0 Å². The number of benzene rings is 1. The Morgan fingerprint density at radius 1 is 1.19 bits per heavy atom. The fraction of sp³-hybridized carbons (Fsp3) is 0.421. The van der Waals surface area contributed by atoms with Crippen LogP contribution >= 0.6 is 11.6 Å². The van der Waals surface area contributed by atoms with Gasteiger partial charge >= 0.3 is 0 Å². The Bertz CT molecular complexity index is 904. The number of aromatic nitrogens is 4. The molecule has 2 heterocycles. The van der Waals surface area contributed by atoms with E-state index in [1.807, 2.05) is 30.5 Å². The van der Waals surface area contributed by atoms with Gasteiger partial charge in [-0.2, -0.15) is 0 Å². The number of nitrogens with one attached hydrogen (secondary N) is 1. The summed E-state index contributed by atoms with van der Waals surface area (Å²) in [6.07, 6.45) is 8.47. The van der Waals surface area contributed by atoms with Crippen molar-refractivity contribution in [2.75, 3.05) is 11.9 Å². The first-order chi connectivity index (χ1) is 12.6. The molecule has 0 bridgehead atoms. The van der Waals surface area contributed by atoms with Gasteiger partial charge in [-0.3, -0.25) is 9.67 Å². The largest absolute Gasteiger partial charge is 0.383 e. The Balaban J connectivity index is 1.41. The van der Waals surface area contributed by atoms with Crippen LogP contribution in [0.15, 0.2) is 36.7 Å². The number of aliphatic hydroxyl groups is 1. The molecule has 0 amide bonds. The molecule has 0 unspecified atom stereocenters. The number of pyridine rings is 1. The Morgan fingerprint density at radius 2 is 2.04 bits per heavy atom. The molecule has 2 N–H and O–H groups in total. The van der Waals surface area contributed by atoms with Gasteiger partial charge in [0.25, 0.3) is 0 Å². The lowest BCUT2D eigenvalue weighted by molar-refractivity contribution is -0.00474. The van der Waals surface area contributed by atoms with Crippen molar-refractivity contribution in [2.24, 2.45) is 0 Å². The van der Waals surface area contributed by atoms with E-state index < -0.39 is 5.60 Å². The van der Waals surface area contributed by atoms with Crippen LogP contribution in [0.5, 0.6) is 0 Å². The third-order valence-corrected chi connectivity index (χ3v) is 5.29. The minimum atomic E-state index is -0.801. The Morgan fingerprint density at radius 3 is 2.88 bits per heavy atom. The minimum Gasteiger partial charge on any atom is -0.383 e. The van der Waals surface area contributed by atoms with E-state index in [4.69, 9.17) is 11.6 Å². The average Bonchev–Trinajstić information content (AvgIpc) is 3.12. The van der Waals surface area contributed by atoms with E-state index in [9.17, 15) is 5.11 Å². The van der Waals surface area contributed by atoms with Crippen LogP contribution in [0.2, 0.25) is 5.02 Å². The Kier molecular flexibility index (Phi) is 4.78. The van der Waals surface area contributed by atoms with E-state index in [1.165, 1.54) is 6.42 Å². The second kappa shape index (κ2) is 7.21. The molecule has 136 valence electrons. The number of hydrogen-bond acceptors (Lipinski definition) is 5. The summed E-state index contributed by atoms with van der Waals surface area (Å²) < 4.78 is 1.79. The summed E-state index contributed by atoms with van der Waals surface area (Å²) in [6.45, 7) is 1.36. The zero-order valence-electron chi connectivity index (χ0n) is 14.5. The summed E-state index contributed by atoms with van der Waals surface area (Å²) >= 11 is 6.03. The van der Waals surface area contributed by atoms with Gasteiger partial charge < -0.3 is 10.4 Å². The highest BCUT2D eigenvalue weighted by molar-refractivity contribution is 6.31. The maximum absolute atomic E-state index is 10.8. The fourth-order valence-electron chi connectivity index (χ4n) is 3.59. The number of fused-ring (bicyclic) bond motifs is 1. The molecule has 26 heavy (non-hydrogen) atoms. The molecular weight excluding hydrogens is 350 g/mol. The second-order valence-corrected chi connectivity index (χ2v) is 7.34. The van der Waals surface area contributed by atoms with E-state index in [0.29, 0.717) is 23.8 Å². The van der Waals surface area contributed by atoms with Crippen LogP contribution in [-0.2, 0) is 12.1 Å². The summed E-state index contributed by atoms with van der Waals surface area (Å²) in [5.41, 5.74) is 1.77. The second-order valence-electron chi connectivity index (χ2n) is 6.91. The first kappa shape index (κ1) is 17.2. The SMILES string of the molecule is OC1(c2cn(CCNc3ccnc4cc(Cl)ccc34)nn2)CCCCC1. The first-order valence-electron chi connectivity index (χ1n) is 9.05. The van der Waals surface area contributed by atoms with Crippen molar-refractivity contribution < 1.29 is 5.11 Å². The normalized spacial score (nSPS) is 16.7. The molecule has 6 nitrogen and oxygen atoms in total. The molecule has 0 saturated heterocycles. The third-order valence-electron chi connectivity index (χ3n) is 5.06. The summed E-state index contributed by atoms with van der Waals surface area (Å²) in [5, 5.41) is 24.3. The van der Waals surface area contributed by atoms with Crippen LogP contribution in [0.3, 0.4) is 0 Å². The minimum absolute atomic E-state index is 0.667. The highest BCUT2D eigenvalue weighted by atomic mass is 35.5. The van der Waals surface area contributed by atoms with Gasteiger partial charge in [-0.25, -0.2) is 0 Å². The third kappa shape index (κ3) is 3.52. The van der Waals surface area contributed by atoms with Crippen LogP contribution < -0.4 is 5.32 Å². The molecule has 1 aromatic carbocycles. The molecular formula is C19H22ClN5O. The fourth-order valence-corrected chi connectivity index (χ4v) is 3.76. The topological polar surface area (TPSA) is 75.9 Å². The predicted octanol–water partition coefficient (Wildman–Crippen LogP) is 3.74. The number of rotatable bonds is 5. The number of hydrogen-bond donors (Lipinski definition) is 2. The van der Waals surface area contributed by atoms with Gasteiger partial charge in [-0.15, -0.1) is 5.10 Å². The summed E-state index contributed by atoms with van der Waals surface area (Å²) in [4.78, 5) is 4.35. The monoisotopic (exact) mass is 371 g/mol. The van der Waals surface area contributed by atoms with Gasteiger partial charge in [0.2, 0.25) is 0 Å². The molecule has 1 fully saturated rings. The van der Waals surface area contributed by atoms with Crippen molar-refractivity contribution in [3.8, 4) is 0 Å². The van der Waals surface area contributed by atoms with E-state index >= 15 is 0 Å². The van der Waals surface area contributed by atoms with Crippen molar-refractivity contribution in [3.05, 3.63) is 47.4 Å². The van der Waals surface area contributed by atoms with Crippen LogP contribution in [0.25, 0.3) is 10.9 Å². The zero-order chi connectivity index (χ0) is 18.0. The smallest absolute Gasteiger partial charge is 0.114 e. The molecule has 1 aliphatic rings. The van der Waals surface area contributed by atoms with Crippen molar-refractivity contribution >= 4 is 28.2 Å². The number of anilines is 1. The van der Waals surface area contributed by atoms with Crippen molar-refractivity contribution in [2.45, 2.75) is 44.2 Å². The molecule has 0 atom stereocenters. The maximum atomic E-state index is 10.8. The number of nitrogens with zero attached hydrogens (tertiary/aromatic N) is 4. The van der Waals surface area contributed by atoms with Gasteiger partial charge in [0.15, 0.2) is 0 Å². The van der Waals surface area contributed by atoms with Crippen molar-refractivity contribution in [1.82, 2.24) is 20.0 Å². The van der Waals surface area contributed by atoms with Crippen molar-refractivity contribution in [1.29, 1.82) is 0 Å². The lowest BCUT2D eigenvalue weighted by Crippen LogP contribution is -2.28. The molecule has 2 aromatic heterocycles. The molecule has 4 rings (SSSR count). The van der Waals surface area contributed by atoms with Crippen LogP contribution in [0, 0.1) is 0 Å². The van der Waals surface area contributed by atoms with Gasteiger partial charge in [0, 0.05) is 28.8 Å². The molecule has 1 aliphatic carbocycles. The van der Waals surface area contributed by atoms with Crippen molar-refractivity contribution in [3.63, 3.8) is 0 Å². The zero-order valence-corrected chi connectivity index (χ0v) is 15.3. The van der Waals surface area contributed by atoms with Crippen LogP contribution in [-0.4, -0.2) is 31.6 Å². The highest BCUT2D eigenvalue weighted by Crippen LogP contribution is 2.35. The summed E-state index contributed by atoms with van der Waals surface area (Å²) in [6, 6.07) is 7.65. The molecule has 1 saturated carbocycles. The van der Waals surface area contributed by atoms with E-state index in [1.54, 1.807) is 10.9 Å². The van der Waals surface area contributed by atoms with Crippen LogP contribution in [0.4, 0.5) is 5.69 Å². The molecule has 0 radical (unpaired) electrons. The van der Waals surface area contributed by atoms with Crippen LogP contribution in [0.1, 0.15) is 37.8 Å². The van der Waals surface area contributed by atoms with Gasteiger partial charge in [0.1, 0.15) is 11.3 Å². The standard InChI is InChI=1S/C19H22ClN5O/c20-14-4-5-15-16(6-9-21-17(15)12-14)22-10-11-25-13-18(23-24-25)19(26)7-2-1-3-8-19/h4-6,9,12-13,26H,1-3,7-8,10-11H2,(H,21,22). The lowest BCUT2D eigenvalue weighted by Gasteiger charge is -2.29. The molecule has 0 spiro atoms. The van der Waals surface area contributed by atoms with Gasteiger partial charge in [-0.05, 0) is 37.1 Å². The van der Waals surface area contributed by atoms with E-state index in [0.717, 1.165) is 42.3 Å². The summed E-state index contributed by atoms with van der Waals surface area (Å²) in [7, 11) is 0. The predicted molar refractivity (Wildman–Crippen MR) is 102 cm³/mol. The Labute approximate surface area is 157 Å². The molecule has 0 aliphatic heterocycles. The maximum Gasteiger partial charge on any atom is 0.114 e. The molecule has 7 heteroatoms. The number of halogens is 1. The van der Waals surface area contributed by atoms with E-state index in [2.05, 4.69) is 20.6 Å². The van der Waals surface area contributed by atoms with Gasteiger partial charge in [0.05, 0.1) is 18.3 Å². The Hall–Kier alpha value is -2.18.